The van der Waals surface area contributed by atoms with Crippen molar-refractivity contribution in [1.29, 1.82) is 0 Å². The van der Waals surface area contributed by atoms with Gasteiger partial charge in [0.15, 0.2) is 5.78 Å². The molecule has 0 heterocycles. The Bertz CT molecular complexity index is 433. The summed E-state index contributed by atoms with van der Waals surface area (Å²) in [5.41, 5.74) is 0.847. The summed E-state index contributed by atoms with van der Waals surface area (Å²) in [5, 5.41) is 0.986. The molecule has 0 atom stereocenters. The summed E-state index contributed by atoms with van der Waals surface area (Å²) in [6.07, 6.45) is 3.24. The van der Waals surface area contributed by atoms with Crippen LogP contribution in [0.3, 0.4) is 0 Å². The molecule has 16 heavy (non-hydrogen) atoms. The maximum Gasteiger partial charge on any atom is 0.171 e. The van der Waals surface area contributed by atoms with E-state index >= 15 is 0 Å². The summed E-state index contributed by atoms with van der Waals surface area (Å²) in [6, 6.07) is 5.22. The Labute approximate surface area is 114 Å². The lowest BCUT2D eigenvalue weighted by atomic mass is 10.1. The van der Waals surface area contributed by atoms with Crippen LogP contribution in [0.4, 0.5) is 0 Å². The van der Waals surface area contributed by atoms with Gasteiger partial charge in [-0.1, -0.05) is 51.3 Å². The number of allylic oxidation sites excluding steroid dienone is 1. The van der Waals surface area contributed by atoms with Crippen molar-refractivity contribution < 1.29 is 4.79 Å². The van der Waals surface area contributed by atoms with Crippen molar-refractivity contribution in [2.45, 2.75) is 18.2 Å². The van der Waals surface area contributed by atoms with Crippen LogP contribution in [0.2, 0.25) is 10.0 Å². The lowest BCUT2D eigenvalue weighted by Gasteiger charge is -2.10. The quantitative estimate of drug-likeness (QED) is 0.580. The fourth-order valence-corrected chi connectivity index (χ4v) is 1.42. The molecule has 0 saturated carbocycles. The molecule has 0 saturated heterocycles. The van der Waals surface area contributed by atoms with E-state index in [-0.39, 0.29) is 5.78 Å². The number of alkyl halides is 1. The molecule has 0 bridgehead atoms. The van der Waals surface area contributed by atoms with Crippen LogP contribution in [-0.2, 0) is 4.79 Å². The molecule has 0 radical (unpaired) electrons. The third-order valence-corrected chi connectivity index (χ3v) is 3.09. The first-order chi connectivity index (χ1) is 7.30. The van der Waals surface area contributed by atoms with E-state index in [4.69, 9.17) is 23.2 Å². The maximum absolute atomic E-state index is 11.6. The van der Waals surface area contributed by atoms with Crippen LogP contribution in [-0.4, -0.2) is 10.1 Å². The van der Waals surface area contributed by atoms with Crippen LogP contribution < -0.4 is 0 Å². The summed E-state index contributed by atoms with van der Waals surface area (Å²) < 4.78 is -0.542. The Morgan fingerprint density at radius 3 is 2.44 bits per heavy atom. The van der Waals surface area contributed by atoms with Crippen LogP contribution >= 0.6 is 39.1 Å². The molecule has 86 valence electrons. The highest BCUT2D eigenvalue weighted by molar-refractivity contribution is 9.10. The predicted octanol–water partition coefficient (Wildman–Crippen LogP) is 4.75. The van der Waals surface area contributed by atoms with Gasteiger partial charge < -0.3 is 0 Å². The Balaban J connectivity index is 2.85. The van der Waals surface area contributed by atoms with E-state index in [1.165, 1.54) is 6.08 Å². The van der Waals surface area contributed by atoms with Gasteiger partial charge in [0, 0.05) is 0 Å². The second kappa shape index (κ2) is 5.35. The average molecular weight is 322 g/mol. The number of benzene rings is 1. The van der Waals surface area contributed by atoms with E-state index < -0.39 is 4.32 Å². The average Bonchev–Trinajstić information content (AvgIpc) is 2.18. The Morgan fingerprint density at radius 2 is 1.94 bits per heavy atom. The lowest BCUT2D eigenvalue weighted by molar-refractivity contribution is -0.115. The van der Waals surface area contributed by atoms with E-state index in [0.717, 1.165) is 5.56 Å². The molecule has 0 aliphatic heterocycles. The summed E-state index contributed by atoms with van der Waals surface area (Å²) >= 11 is 14.9. The summed E-state index contributed by atoms with van der Waals surface area (Å²) in [7, 11) is 0. The first kappa shape index (κ1) is 13.8. The van der Waals surface area contributed by atoms with E-state index in [0.29, 0.717) is 10.0 Å². The van der Waals surface area contributed by atoms with Gasteiger partial charge in [-0.05, 0) is 37.6 Å². The smallest absolute Gasteiger partial charge is 0.171 e. The summed E-state index contributed by atoms with van der Waals surface area (Å²) in [6.45, 7) is 3.60. The van der Waals surface area contributed by atoms with E-state index in [1.54, 1.807) is 38.1 Å². The van der Waals surface area contributed by atoms with Crippen molar-refractivity contribution in [1.82, 2.24) is 0 Å². The zero-order chi connectivity index (χ0) is 12.3. The number of ketones is 1. The first-order valence-corrected chi connectivity index (χ1v) is 6.22. The minimum absolute atomic E-state index is 0.00132. The third-order valence-electron chi connectivity index (χ3n) is 1.96. The van der Waals surface area contributed by atoms with Crippen molar-refractivity contribution in [3.63, 3.8) is 0 Å². The zero-order valence-corrected chi connectivity index (χ0v) is 12.0. The zero-order valence-electron chi connectivity index (χ0n) is 8.93. The van der Waals surface area contributed by atoms with Crippen molar-refractivity contribution >= 4 is 51.0 Å². The molecule has 0 fully saturated rings. The lowest BCUT2D eigenvalue weighted by Crippen LogP contribution is -2.21. The molecule has 0 N–H and O–H groups in total. The fourth-order valence-electron chi connectivity index (χ4n) is 0.986. The second-order valence-electron chi connectivity index (χ2n) is 3.84. The van der Waals surface area contributed by atoms with Crippen molar-refractivity contribution in [2.24, 2.45) is 0 Å². The van der Waals surface area contributed by atoms with Gasteiger partial charge in [0.25, 0.3) is 0 Å². The monoisotopic (exact) mass is 320 g/mol. The van der Waals surface area contributed by atoms with Gasteiger partial charge >= 0.3 is 0 Å². The molecule has 1 aromatic rings. The van der Waals surface area contributed by atoms with Gasteiger partial charge in [-0.2, -0.15) is 0 Å². The van der Waals surface area contributed by atoms with E-state index in [1.807, 2.05) is 0 Å². The molecular weight excluding hydrogens is 311 g/mol. The van der Waals surface area contributed by atoms with Gasteiger partial charge in [-0.3, -0.25) is 4.79 Å². The van der Waals surface area contributed by atoms with Gasteiger partial charge in [-0.15, -0.1) is 0 Å². The standard InChI is InChI=1S/C12H11BrCl2O/c1-12(2,13)11(16)6-4-8-3-5-9(14)10(15)7-8/h3-7H,1-2H3. The van der Waals surface area contributed by atoms with Crippen LogP contribution in [0.1, 0.15) is 19.4 Å². The van der Waals surface area contributed by atoms with Gasteiger partial charge in [0.2, 0.25) is 0 Å². The molecule has 0 amide bonds. The molecule has 1 rings (SSSR count). The molecule has 0 aliphatic carbocycles. The Morgan fingerprint density at radius 1 is 1.31 bits per heavy atom. The van der Waals surface area contributed by atoms with Gasteiger partial charge in [-0.25, -0.2) is 0 Å². The number of halogens is 3. The van der Waals surface area contributed by atoms with Crippen LogP contribution in [0.5, 0.6) is 0 Å². The van der Waals surface area contributed by atoms with Crippen LogP contribution in [0.15, 0.2) is 24.3 Å². The highest BCUT2D eigenvalue weighted by atomic mass is 79.9. The Kier molecular flexibility index (Phi) is 4.60. The van der Waals surface area contributed by atoms with Gasteiger partial charge in [0.05, 0.1) is 14.4 Å². The number of carbonyl (C=O) groups excluding carboxylic acids is 1. The van der Waals surface area contributed by atoms with E-state index in [9.17, 15) is 4.79 Å². The minimum atomic E-state index is -0.542. The molecule has 1 aromatic carbocycles. The number of carbonyl (C=O) groups is 1. The number of hydrogen-bond donors (Lipinski definition) is 0. The van der Waals surface area contributed by atoms with Crippen molar-refractivity contribution in [3.8, 4) is 0 Å². The minimum Gasteiger partial charge on any atom is -0.293 e. The SMILES string of the molecule is CC(C)(Br)C(=O)C=Cc1ccc(Cl)c(Cl)c1. The topological polar surface area (TPSA) is 17.1 Å². The molecule has 1 nitrogen and oxygen atoms in total. The van der Waals surface area contributed by atoms with Crippen molar-refractivity contribution in [2.75, 3.05) is 0 Å². The van der Waals surface area contributed by atoms with Gasteiger partial charge in [0.1, 0.15) is 0 Å². The molecule has 0 aliphatic rings. The number of hydrogen-bond acceptors (Lipinski definition) is 1. The maximum atomic E-state index is 11.6. The predicted molar refractivity (Wildman–Crippen MR) is 73.5 cm³/mol. The summed E-state index contributed by atoms with van der Waals surface area (Å²) in [5.74, 6) is -0.00132. The molecule has 0 aromatic heterocycles. The first-order valence-electron chi connectivity index (χ1n) is 4.67. The highest BCUT2D eigenvalue weighted by Crippen LogP contribution is 2.23. The second-order valence-corrected chi connectivity index (χ2v) is 6.64. The molecule has 0 unspecified atom stereocenters. The highest BCUT2D eigenvalue weighted by Gasteiger charge is 2.20. The normalized spacial score (nSPS) is 12.1. The molecule has 0 spiro atoms. The number of rotatable bonds is 3. The van der Waals surface area contributed by atoms with Crippen LogP contribution in [0, 0.1) is 0 Å². The largest absolute Gasteiger partial charge is 0.293 e. The molecular formula is C12H11BrCl2O. The summed E-state index contributed by atoms with van der Waals surface area (Å²) in [4.78, 5) is 11.6. The fraction of sp³-hybridized carbons (Fsp3) is 0.250. The third kappa shape index (κ3) is 3.93. The van der Waals surface area contributed by atoms with E-state index in [2.05, 4.69) is 15.9 Å². The Hall–Kier alpha value is -0.310. The van der Waals surface area contributed by atoms with Crippen LogP contribution in [0.25, 0.3) is 6.08 Å². The van der Waals surface area contributed by atoms with Crippen molar-refractivity contribution in [3.05, 3.63) is 39.9 Å². The molecule has 4 heteroatoms.